The highest BCUT2D eigenvalue weighted by Gasteiger charge is 2.19. The number of nitrogens with one attached hydrogen (secondary N) is 1. The van der Waals surface area contributed by atoms with Gasteiger partial charge in [0.15, 0.2) is 0 Å². The highest BCUT2D eigenvalue weighted by Crippen LogP contribution is 2.32. The van der Waals surface area contributed by atoms with Crippen LogP contribution >= 0.6 is 0 Å². The van der Waals surface area contributed by atoms with Gasteiger partial charge in [-0.3, -0.25) is 0 Å². The molecule has 0 amide bonds. The molecule has 2 nitrogen and oxygen atoms in total. The monoisotopic (exact) mass is 256 g/mol. The van der Waals surface area contributed by atoms with Crippen molar-refractivity contribution in [2.45, 2.75) is 46.0 Å². The average Bonchev–Trinajstić information content (AvgIpc) is 2.35. The summed E-state index contributed by atoms with van der Waals surface area (Å²) in [5, 5.41) is 4.45. The maximum Gasteiger partial charge on any atom is 0.130 e. The summed E-state index contributed by atoms with van der Waals surface area (Å²) in [7, 11) is 1.94. The SMILES string of the molecule is CNc1nc2ccc(C(C)C)cc2cc1C(C)(C)C. The number of hydrogen-bond donors (Lipinski definition) is 1. The van der Waals surface area contributed by atoms with Crippen molar-refractivity contribution in [1.82, 2.24) is 4.98 Å². The van der Waals surface area contributed by atoms with E-state index in [-0.39, 0.29) is 5.41 Å². The number of fused-ring (bicyclic) bond motifs is 1. The molecule has 1 aromatic heterocycles. The van der Waals surface area contributed by atoms with Gasteiger partial charge in [-0.15, -0.1) is 0 Å². The molecule has 0 bridgehead atoms. The van der Waals surface area contributed by atoms with Gasteiger partial charge in [0.25, 0.3) is 0 Å². The third-order valence-corrected chi connectivity index (χ3v) is 3.55. The van der Waals surface area contributed by atoms with Crippen molar-refractivity contribution in [2.75, 3.05) is 12.4 Å². The zero-order valence-electron chi connectivity index (χ0n) is 12.8. The maximum atomic E-state index is 4.75. The number of rotatable bonds is 2. The van der Waals surface area contributed by atoms with Crippen LogP contribution in [0, 0.1) is 0 Å². The molecular formula is C17H24N2. The highest BCUT2D eigenvalue weighted by molar-refractivity contribution is 5.83. The van der Waals surface area contributed by atoms with Crippen LogP contribution in [-0.2, 0) is 5.41 Å². The number of anilines is 1. The normalized spacial score (nSPS) is 12.2. The molecule has 2 heteroatoms. The van der Waals surface area contributed by atoms with Gasteiger partial charge in [0.2, 0.25) is 0 Å². The molecule has 0 aliphatic heterocycles. The summed E-state index contributed by atoms with van der Waals surface area (Å²) in [6.45, 7) is 11.1. The second-order valence-electron chi connectivity index (χ2n) is 6.49. The fraction of sp³-hybridized carbons (Fsp3) is 0.471. The topological polar surface area (TPSA) is 24.9 Å². The summed E-state index contributed by atoms with van der Waals surface area (Å²) in [6.07, 6.45) is 0. The van der Waals surface area contributed by atoms with Crippen LogP contribution in [0.2, 0.25) is 0 Å². The molecule has 0 saturated carbocycles. The fourth-order valence-corrected chi connectivity index (χ4v) is 2.32. The molecule has 0 unspecified atom stereocenters. The average molecular weight is 256 g/mol. The lowest BCUT2D eigenvalue weighted by molar-refractivity contribution is 0.591. The molecule has 102 valence electrons. The number of benzene rings is 1. The molecule has 1 heterocycles. The van der Waals surface area contributed by atoms with E-state index in [4.69, 9.17) is 4.98 Å². The largest absolute Gasteiger partial charge is 0.373 e. The molecule has 0 radical (unpaired) electrons. The predicted octanol–water partition coefficient (Wildman–Crippen LogP) is 4.70. The Labute approximate surface area is 116 Å². The van der Waals surface area contributed by atoms with Gasteiger partial charge in [0, 0.05) is 18.0 Å². The summed E-state index contributed by atoms with van der Waals surface area (Å²) >= 11 is 0. The van der Waals surface area contributed by atoms with Gasteiger partial charge in [-0.2, -0.15) is 0 Å². The number of hydrogen-bond acceptors (Lipinski definition) is 2. The van der Waals surface area contributed by atoms with Crippen molar-refractivity contribution in [3.8, 4) is 0 Å². The minimum atomic E-state index is 0.0906. The van der Waals surface area contributed by atoms with E-state index in [1.807, 2.05) is 7.05 Å². The Morgan fingerprint density at radius 3 is 2.32 bits per heavy atom. The summed E-state index contributed by atoms with van der Waals surface area (Å²) in [6, 6.07) is 8.84. The first-order chi connectivity index (χ1) is 8.82. The predicted molar refractivity (Wildman–Crippen MR) is 84.1 cm³/mol. The van der Waals surface area contributed by atoms with Crippen LogP contribution in [0.15, 0.2) is 24.3 Å². The van der Waals surface area contributed by atoms with Crippen LogP contribution in [0.3, 0.4) is 0 Å². The number of aromatic nitrogens is 1. The van der Waals surface area contributed by atoms with Crippen molar-refractivity contribution < 1.29 is 0 Å². The lowest BCUT2D eigenvalue weighted by atomic mass is 9.86. The van der Waals surface area contributed by atoms with Crippen LogP contribution in [0.4, 0.5) is 5.82 Å². The summed E-state index contributed by atoms with van der Waals surface area (Å²) in [4.78, 5) is 4.75. The van der Waals surface area contributed by atoms with Gasteiger partial charge < -0.3 is 5.32 Å². The zero-order chi connectivity index (χ0) is 14.2. The smallest absolute Gasteiger partial charge is 0.130 e. The number of pyridine rings is 1. The molecule has 1 aromatic carbocycles. The zero-order valence-corrected chi connectivity index (χ0v) is 12.8. The Morgan fingerprint density at radius 2 is 1.79 bits per heavy atom. The highest BCUT2D eigenvalue weighted by atomic mass is 15.0. The third kappa shape index (κ3) is 2.73. The standard InChI is InChI=1S/C17H24N2/c1-11(2)12-7-8-15-13(9-12)10-14(17(3,4)5)16(18-6)19-15/h7-11H,1-6H3,(H,18,19). The van der Waals surface area contributed by atoms with Crippen LogP contribution in [0.1, 0.15) is 51.7 Å². The number of nitrogens with zero attached hydrogens (tertiary/aromatic N) is 1. The quantitative estimate of drug-likeness (QED) is 0.842. The fourth-order valence-electron chi connectivity index (χ4n) is 2.32. The molecular weight excluding hydrogens is 232 g/mol. The molecule has 19 heavy (non-hydrogen) atoms. The minimum absolute atomic E-state index is 0.0906. The molecule has 2 rings (SSSR count). The van der Waals surface area contributed by atoms with Crippen molar-refractivity contribution >= 4 is 16.7 Å². The van der Waals surface area contributed by atoms with E-state index in [9.17, 15) is 0 Å². The van der Waals surface area contributed by atoms with Crippen molar-refractivity contribution in [3.63, 3.8) is 0 Å². The lowest BCUT2D eigenvalue weighted by Crippen LogP contribution is -2.15. The van der Waals surface area contributed by atoms with Crippen molar-refractivity contribution in [2.24, 2.45) is 0 Å². The summed E-state index contributed by atoms with van der Waals surface area (Å²) in [5.74, 6) is 1.53. The molecule has 0 aliphatic rings. The molecule has 0 saturated heterocycles. The van der Waals surface area contributed by atoms with Gasteiger partial charge in [0.1, 0.15) is 5.82 Å². The van der Waals surface area contributed by atoms with E-state index in [1.165, 1.54) is 16.5 Å². The second kappa shape index (κ2) is 4.84. The van der Waals surface area contributed by atoms with Crippen LogP contribution in [0.25, 0.3) is 10.9 Å². The Balaban J connectivity index is 2.69. The first-order valence-corrected chi connectivity index (χ1v) is 6.96. The van der Waals surface area contributed by atoms with Gasteiger partial charge in [-0.1, -0.05) is 40.7 Å². The van der Waals surface area contributed by atoms with Gasteiger partial charge in [-0.05, 0) is 35.1 Å². The Morgan fingerprint density at radius 1 is 1.11 bits per heavy atom. The van der Waals surface area contributed by atoms with E-state index in [0.29, 0.717) is 5.92 Å². The van der Waals surface area contributed by atoms with Crippen molar-refractivity contribution in [3.05, 3.63) is 35.4 Å². The van der Waals surface area contributed by atoms with Gasteiger partial charge in [0.05, 0.1) is 5.52 Å². The second-order valence-corrected chi connectivity index (χ2v) is 6.49. The van der Waals surface area contributed by atoms with Crippen LogP contribution < -0.4 is 5.32 Å². The van der Waals surface area contributed by atoms with Crippen LogP contribution in [0.5, 0.6) is 0 Å². The van der Waals surface area contributed by atoms with Crippen molar-refractivity contribution in [1.29, 1.82) is 0 Å². The Kier molecular flexibility index (Phi) is 3.53. The summed E-state index contributed by atoms with van der Waals surface area (Å²) in [5.41, 5.74) is 3.78. The van der Waals surface area contributed by atoms with E-state index in [1.54, 1.807) is 0 Å². The molecule has 2 aromatic rings. The third-order valence-electron chi connectivity index (χ3n) is 3.55. The molecule has 1 N–H and O–H groups in total. The Bertz CT molecular complexity index is 592. The summed E-state index contributed by atoms with van der Waals surface area (Å²) < 4.78 is 0. The van der Waals surface area contributed by atoms with E-state index in [0.717, 1.165) is 11.3 Å². The molecule has 0 fully saturated rings. The Hall–Kier alpha value is -1.57. The lowest BCUT2D eigenvalue weighted by Gasteiger charge is -2.22. The first kappa shape index (κ1) is 13.9. The maximum absolute atomic E-state index is 4.75. The van der Waals surface area contributed by atoms with E-state index in [2.05, 4.69) is 64.2 Å². The van der Waals surface area contributed by atoms with E-state index >= 15 is 0 Å². The molecule has 0 aliphatic carbocycles. The first-order valence-electron chi connectivity index (χ1n) is 6.96. The van der Waals surface area contributed by atoms with Gasteiger partial charge >= 0.3 is 0 Å². The van der Waals surface area contributed by atoms with Gasteiger partial charge in [-0.25, -0.2) is 4.98 Å². The molecule has 0 atom stereocenters. The van der Waals surface area contributed by atoms with E-state index < -0.39 is 0 Å². The van der Waals surface area contributed by atoms with Crippen LogP contribution in [-0.4, -0.2) is 12.0 Å². The molecule has 0 spiro atoms. The minimum Gasteiger partial charge on any atom is -0.373 e.